The van der Waals surface area contributed by atoms with Gasteiger partial charge in [-0.05, 0) is 12.8 Å². The fraction of sp³-hybridized carbons (Fsp3) is 0.700. The minimum absolute atomic E-state index is 0.0233. The average molecular weight is 213 g/mol. The predicted octanol–water partition coefficient (Wildman–Crippen LogP) is -0.705. The molecule has 2 unspecified atom stereocenters. The Kier molecular flexibility index (Phi) is 4.08. The van der Waals surface area contributed by atoms with Crippen molar-refractivity contribution in [3.05, 3.63) is 6.42 Å². The minimum Gasteiger partial charge on any atom is -0.394 e. The Morgan fingerprint density at radius 3 is 2.87 bits per heavy atom. The number of aliphatic hydroxyl groups excluding tert-OH is 1. The molecule has 1 saturated heterocycles. The number of aliphatic hydroxyl groups is 1. The van der Waals surface area contributed by atoms with Gasteiger partial charge in [-0.25, -0.2) is 0 Å². The quantitative estimate of drug-likeness (QED) is 0.647. The summed E-state index contributed by atoms with van der Waals surface area (Å²) in [5.41, 5.74) is 5.06. The molecule has 1 rings (SSSR count). The Morgan fingerprint density at radius 1 is 1.67 bits per heavy atom. The second-order valence-electron chi connectivity index (χ2n) is 3.87. The molecule has 0 saturated carbocycles. The molecule has 5 nitrogen and oxygen atoms in total. The van der Waals surface area contributed by atoms with Gasteiger partial charge in [-0.1, -0.05) is 6.92 Å². The lowest BCUT2D eigenvalue weighted by Gasteiger charge is -2.23. The minimum atomic E-state index is -0.558. The SMILES string of the molecule is CC([CH]C(=O)N1CCCC1CO)C(N)=O. The number of carbonyl (C=O) groups excluding carboxylic acids is 2. The van der Waals surface area contributed by atoms with Gasteiger partial charge in [-0.3, -0.25) is 9.59 Å². The molecule has 1 heterocycles. The molecule has 85 valence electrons. The number of primary amides is 1. The van der Waals surface area contributed by atoms with Crippen molar-refractivity contribution >= 4 is 11.8 Å². The van der Waals surface area contributed by atoms with Gasteiger partial charge in [0.15, 0.2) is 0 Å². The molecule has 0 aromatic heterocycles. The van der Waals surface area contributed by atoms with E-state index in [1.165, 1.54) is 6.42 Å². The van der Waals surface area contributed by atoms with E-state index in [1.54, 1.807) is 11.8 Å². The van der Waals surface area contributed by atoms with Crippen molar-refractivity contribution < 1.29 is 14.7 Å². The molecule has 0 spiro atoms. The average Bonchev–Trinajstić information content (AvgIpc) is 2.64. The van der Waals surface area contributed by atoms with Gasteiger partial charge in [0.25, 0.3) is 0 Å². The largest absolute Gasteiger partial charge is 0.394 e. The molecule has 1 aliphatic rings. The van der Waals surface area contributed by atoms with Gasteiger partial charge in [-0.15, -0.1) is 0 Å². The maximum absolute atomic E-state index is 11.7. The van der Waals surface area contributed by atoms with E-state index < -0.39 is 11.8 Å². The first-order chi connectivity index (χ1) is 7.06. The van der Waals surface area contributed by atoms with Gasteiger partial charge >= 0.3 is 0 Å². The number of amides is 2. The smallest absolute Gasteiger partial charge is 0.227 e. The highest BCUT2D eigenvalue weighted by molar-refractivity contribution is 5.92. The summed E-state index contributed by atoms with van der Waals surface area (Å²) in [5.74, 6) is -1.28. The lowest BCUT2D eigenvalue weighted by molar-refractivity contribution is -0.131. The van der Waals surface area contributed by atoms with Gasteiger partial charge in [-0.2, -0.15) is 0 Å². The Labute approximate surface area is 89.2 Å². The van der Waals surface area contributed by atoms with Crippen molar-refractivity contribution in [3.63, 3.8) is 0 Å². The van der Waals surface area contributed by atoms with Crippen LogP contribution in [0, 0.1) is 12.3 Å². The van der Waals surface area contributed by atoms with E-state index in [2.05, 4.69) is 0 Å². The van der Waals surface area contributed by atoms with Crippen LogP contribution in [0.15, 0.2) is 0 Å². The third-order valence-electron chi connectivity index (χ3n) is 2.71. The lowest BCUT2D eigenvalue weighted by Crippen LogP contribution is -2.39. The van der Waals surface area contributed by atoms with Crippen molar-refractivity contribution in [2.45, 2.75) is 25.8 Å². The van der Waals surface area contributed by atoms with E-state index in [0.29, 0.717) is 6.54 Å². The topological polar surface area (TPSA) is 83.6 Å². The number of hydrogen-bond acceptors (Lipinski definition) is 3. The zero-order valence-corrected chi connectivity index (χ0v) is 8.85. The number of carbonyl (C=O) groups is 2. The first kappa shape index (κ1) is 12.0. The molecule has 1 aliphatic heterocycles. The third-order valence-corrected chi connectivity index (χ3v) is 2.71. The van der Waals surface area contributed by atoms with E-state index in [9.17, 15) is 9.59 Å². The number of rotatable bonds is 4. The highest BCUT2D eigenvalue weighted by atomic mass is 16.3. The third kappa shape index (κ3) is 2.92. The van der Waals surface area contributed by atoms with Crippen LogP contribution in [0.3, 0.4) is 0 Å². The number of likely N-dealkylation sites (tertiary alicyclic amines) is 1. The highest BCUT2D eigenvalue weighted by Crippen LogP contribution is 2.18. The summed E-state index contributed by atoms with van der Waals surface area (Å²) in [6, 6.07) is -0.103. The molecular formula is C10H17N2O3. The van der Waals surface area contributed by atoms with E-state index in [0.717, 1.165) is 12.8 Å². The van der Waals surface area contributed by atoms with Crippen molar-refractivity contribution in [2.24, 2.45) is 11.7 Å². The Bertz CT molecular complexity index is 255. The van der Waals surface area contributed by atoms with Crippen LogP contribution in [0.5, 0.6) is 0 Å². The zero-order chi connectivity index (χ0) is 11.4. The van der Waals surface area contributed by atoms with Crippen LogP contribution in [-0.2, 0) is 9.59 Å². The van der Waals surface area contributed by atoms with E-state index in [4.69, 9.17) is 10.8 Å². The summed E-state index contributed by atoms with van der Waals surface area (Å²) in [6.45, 7) is 2.21. The Hall–Kier alpha value is -1.10. The fourth-order valence-electron chi connectivity index (χ4n) is 1.71. The summed E-state index contributed by atoms with van der Waals surface area (Å²) in [7, 11) is 0. The van der Waals surface area contributed by atoms with Crippen molar-refractivity contribution in [1.29, 1.82) is 0 Å². The molecule has 15 heavy (non-hydrogen) atoms. The van der Waals surface area contributed by atoms with Gasteiger partial charge in [0.1, 0.15) is 0 Å². The molecule has 1 radical (unpaired) electrons. The molecule has 3 N–H and O–H groups in total. The van der Waals surface area contributed by atoms with Crippen LogP contribution in [0.25, 0.3) is 0 Å². The molecule has 1 fully saturated rings. The molecular weight excluding hydrogens is 196 g/mol. The molecule has 0 aromatic carbocycles. The zero-order valence-electron chi connectivity index (χ0n) is 8.85. The summed E-state index contributed by atoms with van der Waals surface area (Å²) in [6.07, 6.45) is 3.03. The van der Waals surface area contributed by atoms with Gasteiger partial charge in [0.05, 0.1) is 19.1 Å². The predicted molar refractivity (Wildman–Crippen MR) is 54.5 cm³/mol. The summed E-state index contributed by atoms with van der Waals surface area (Å²) in [5, 5.41) is 9.03. The van der Waals surface area contributed by atoms with Crippen LogP contribution in [0.4, 0.5) is 0 Å². The van der Waals surface area contributed by atoms with Crippen molar-refractivity contribution in [3.8, 4) is 0 Å². The van der Waals surface area contributed by atoms with Gasteiger partial charge < -0.3 is 15.7 Å². The fourth-order valence-corrected chi connectivity index (χ4v) is 1.71. The van der Waals surface area contributed by atoms with Crippen LogP contribution >= 0.6 is 0 Å². The second kappa shape index (κ2) is 5.11. The number of nitrogens with two attached hydrogens (primary N) is 1. The Balaban J connectivity index is 2.49. The molecule has 2 amide bonds. The summed E-state index contributed by atoms with van der Waals surface area (Å²) < 4.78 is 0. The van der Waals surface area contributed by atoms with Gasteiger partial charge in [0, 0.05) is 12.5 Å². The maximum atomic E-state index is 11.7. The van der Waals surface area contributed by atoms with Crippen LogP contribution < -0.4 is 5.73 Å². The van der Waals surface area contributed by atoms with Crippen LogP contribution in [0.2, 0.25) is 0 Å². The van der Waals surface area contributed by atoms with Crippen LogP contribution in [-0.4, -0.2) is 41.0 Å². The number of nitrogens with zero attached hydrogens (tertiary/aromatic N) is 1. The summed E-state index contributed by atoms with van der Waals surface area (Å²) >= 11 is 0. The maximum Gasteiger partial charge on any atom is 0.227 e. The summed E-state index contributed by atoms with van der Waals surface area (Å²) in [4.78, 5) is 24.0. The molecule has 2 atom stereocenters. The molecule has 0 aliphatic carbocycles. The first-order valence-electron chi connectivity index (χ1n) is 5.12. The standard InChI is InChI=1S/C10H17N2O3/c1-7(10(11)15)5-9(14)12-4-2-3-8(12)6-13/h5,7-8,13H,2-4,6H2,1H3,(H2,11,15). The van der Waals surface area contributed by atoms with E-state index in [-0.39, 0.29) is 18.6 Å². The second-order valence-corrected chi connectivity index (χ2v) is 3.87. The monoisotopic (exact) mass is 213 g/mol. The van der Waals surface area contributed by atoms with E-state index >= 15 is 0 Å². The van der Waals surface area contributed by atoms with Crippen LogP contribution in [0.1, 0.15) is 19.8 Å². The lowest BCUT2D eigenvalue weighted by atomic mass is 10.1. The van der Waals surface area contributed by atoms with Gasteiger partial charge in [0.2, 0.25) is 11.8 Å². The van der Waals surface area contributed by atoms with E-state index in [1.807, 2.05) is 0 Å². The number of hydrogen-bond donors (Lipinski definition) is 2. The Morgan fingerprint density at radius 2 is 2.33 bits per heavy atom. The molecule has 0 bridgehead atoms. The first-order valence-corrected chi connectivity index (χ1v) is 5.12. The van der Waals surface area contributed by atoms with Crippen molar-refractivity contribution in [1.82, 2.24) is 4.90 Å². The molecule has 0 aromatic rings. The highest BCUT2D eigenvalue weighted by Gasteiger charge is 2.29. The van der Waals surface area contributed by atoms with Crippen molar-refractivity contribution in [2.75, 3.05) is 13.2 Å². The normalized spacial score (nSPS) is 22.8. The molecule has 5 heteroatoms.